The van der Waals surface area contributed by atoms with Gasteiger partial charge in [0.05, 0.1) is 5.39 Å². The molecule has 1 aliphatic heterocycles. The molecule has 6 heteroatoms. The van der Waals surface area contributed by atoms with Crippen LogP contribution < -0.4 is 5.32 Å². The van der Waals surface area contributed by atoms with Crippen molar-refractivity contribution < 1.29 is 0 Å². The second-order valence-corrected chi connectivity index (χ2v) is 6.19. The van der Waals surface area contributed by atoms with Gasteiger partial charge in [-0.1, -0.05) is 0 Å². The Morgan fingerprint density at radius 1 is 1.42 bits per heavy atom. The van der Waals surface area contributed by atoms with E-state index < -0.39 is 0 Å². The Kier molecular flexibility index (Phi) is 3.86. The molecule has 3 rings (SSSR count). The van der Waals surface area contributed by atoms with E-state index in [9.17, 15) is 0 Å². The van der Waals surface area contributed by atoms with E-state index in [1.54, 1.807) is 11.3 Å². The van der Waals surface area contributed by atoms with Crippen molar-refractivity contribution in [3.05, 3.63) is 16.7 Å². The van der Waals surface area contributed by atoms with Gasteiger partial charge in [-0.2, -0.15) is 0 Å². The van der Waals surface area contributed by atoms with E-state index in [-0.39, 0.29) is 0 Å². The molecule has 102 valence electrons. The largest absolute Gasteiger partial charge is 0.368 e. The summed E-state index contributed by atoms with van der Waals surface area (Å²) in [6, 6.07) is 2.56. The maximum atomic E-state index is 5.96. The van der Waals surface area contributed by atoms with E-state index in [1.807, 2.05) is 11.4 Å². The highest BCUT2D eigenvalue weighted by Crippen LogP contribution is 2.26. The normalized spacial score (nSPS) is 18.0. The molecule has 0 aliphatic carbocycles. The minimum atomic E-state index is 0.311. The molecule has 2 aromatic heterocycles. The molecule has 0 aromatic carbocycles. The Bertz CT molecular complexity index is 565. The molecule has 2 aromatic rings. The number of nitrogens with one attached hydrogen (secondary N) is 1. The van der Waals surface area contributed by atoms with Gasteiger partial charge >= 0.3 is 0 Å². The second kappa shape index (κ2) is 5.61. The number of anilines is 1. The molecular formula is C13H17ClN4S. The van der Waals surface area contributed by atoms with Crippen molar-refractivity contribution in [2.24, 2.45) is 0 Å². The van der Waals surface area contributed by atoms with Gasteiger partial charge in [0.1, 0.15) is 10.6 Å². The zero-order valence-corrected chi connectivity index (χ0v) is 12.5. The van der Waals surface area contributed by atoms with Crippen LogP contribution in [0, 0.1) is 0 Å². The summed E-state index contributed by atoms with van der Waals surface area (Å²) in [4.78, 5) is 12.0. The highest BCUT2D eigenvalue weighted by Gasteiger charge is 2.18. The summed E-state index contributed by atoms with van der Waals surface area (Å²) in [5, 5.41) is 6.81. The van der Waals surface area contributed by atoms with Gasteiger partial charge < -0.3 is 5.32 Å². The number of thiophene rings is 1. The van der Waals surface area contributed by atoms with Crippen LogP contribution in [0.3, 0.4) is 0 Å². The van der Waals surface area contributed by atoms with Crippen molar-refractivity contribution in [1.82, 2.24) is 14.9 Å². The average Bonchev–Trinajstić information content (AvgIpc) is 3.05. The fraction of sp³-hybridized carbons (Fsp3) is 0.538. The standard InChI is InChI=1S/C13H17ClN4S/c1-9(18-5-2-3-6-18)8-15-11-10-4-7-19-12(10)17-13(14)16-11/h4,7,9H,2-3,5-6,8H2,1H3,(H,15,16,17). The molecule has 4 nitrogen and oxygen atoms in total. The Morgan fingerprint density at radius 2 is 2.21 bits per heavy atom. The number of hydrogen-bond acceptors (Lipinski definition) is 5. The minimum absolute atomic E-state index is 0.311. The highest BCUT2D eigenvalue weighted by atomic mass is 35.5. The first-order chi connectivity index (χ1) is 9.24. The first-order valence-corrected chi connectivity index (χ1v) is 7.88. The monoisotopic (exact) mass is 296 g/mol. The van der Waals surface area contributed by atoms with Gasteiger partial charge in [-0.3, -0.25) is 4.90 Å². The van der Waals surface area contributed by atoms with Gasteiger partial charge in [-0.15, -0.1) is 11.3 Å². The second-order valence-electron chi connectivity index (χ2n) is 4.95. The molecule has 0 amide bonds. The summed E-state index contributed by atoms with van der Waals surface area (Å²) in [6.45, 7) is 5.56. The fourth-order valence-electron chi connectivity index (χ4n) is 2.52. The van der Waals surface area contributed by atoms with Gasteiger partial charge in [0.15, 0.2) is 0 Å². The number of nitrogens with zero attached hydrogens (tertiary/aromatic N) is 3. The molecular weight excluding hydrogens is 280 g/mol. The lowest BCUT2D eigenvalue weighted by atomic mass is 10.3. The molecule has 19 heavy (non-hydrogen) atoms. The Balaban J connectivity index is 1.72. The molecule has 1 fully saturated rings. The summed E-state index contributed by atoms with van der Waals surface area (Å²) in [7, 11) is 0. The Labute approximate surface area is 121 Å². The fourth-order valence-corrected chi connectivity index (χ4v) is 3.50. The first-order valence-electron chi connectivity index (χ1n) is 6.63. The number of likely N-dealkylation sites (tertiary alicyclic amines) is 1. The predicted octanol–water partition coefficient (Wildman–Crippen LogP) is 3.24. The molecule has 0 bridgehead atoms. The quantitative estimate of drug-likeness (QED) is 0.880. The van der Waals surface area contributed by atoms with Crippen molar-refractivity contribution in [3.63, 3.8) is 0 Å². The lowest BCUT2D eigenvalue weighted by molar-refractivity contribution is 0.269. The van der Waals surface area contributed by atoms with Gasteiger partial charge in [0.25, 0.3) is 0 Å². The minimum Gasteiger partial charge on any atom is -0.368 e. The summed E-state index contributed by atoms with van der Waals surface area (Å²) in [5.74, 6) is 0.849. The van der Waals surface area contributed by atoms with Crippen LogP contribution >= 0.6 is 22.9 Å². The van der Waals surface area contributed by atoms with E-state index in [0.717, 1.165) is 22.6 Å². The number of hydrogen-bond donors (Lipinski definition) is 1. The Hall–Kier alpha value is -0.910. The van der Waals surface area contributed by atoms with Crippen molar-refractivity contribution in [2.75, 3.05) is 25.0 Å². The van der Waals surface area contributed by atoms with Gasteiger partial charge in [0, 0.05) is 12.6 Å². The van der Waals surface area contributed by atoms with Crippen LogP contribution in [0.2, 0.25) is 5.28 Å². The molecule has 1 N–H and O–H groups in total. The number of aromatic nitrogens is 2. The van der Waals surface area contributed by atoms with Crippen molar-refractivity contribution in [1.29, 1.82) is 0 Å². The summed E-state index contributed by atoms with van der Waals surface area (Å²) < 4.78 is 0. The highest BCUT2D eigenvalue weighted by molar-refractivity contribution is 7.16. The molecule has 1 aliphatic rings. The number of fused-ring (bicyclic) bond motifs is 1. The van der Waals surface area contributed by atoms with Crippen LogP contribution in [0.5, 0.6) is 0 Å². The van der Waals surface area contributed by atoms with E-state index in [0.29, 0.717) is 11.3 Å². The number of rotatable bonds is 4. The predicted molar refractivity (Wildman–Crippen MR) is 81.2 cm³/mol. The third-order valence-electron chi connectivity index (χ3n) is 3.63. The molecule has 0 saturated carbocycles. The van der Waals surface area contributed by atoms with E-state index in [4.69, 9.17) is 11.6 Å². The molecule has 0 radical (unpaired) electrons. The zero-order valence-electron chi connectivity index (χ0n) is 10.9. The maximum Gasteiger partial charge on any atom is 0.225 e. The summed E-state index contributed by atoms with van der Waals surface area (Å²) in [5.41, 5.74) is 0. The summed E-state index contributed by atoms with van der Waals surface area (Å²) in [6.07, 6.45) is 2.64. The molecule has 1 saturated heterocycles. The van der Waals surface area contributed by atoms with E-state index >= 15 is 0 Å². The third kappa shape index (κ3) is 2.83. The van der Waals surface area contributed by atoms with E-state index in [1.165, 1.54) is 25.9 Å². The van der Waals surface area contributed by atoms with Crippen LogP contribution in [-0.4, -0.2) is 40.5 Å². The van der Waals surface area contributed by atoms with Crippen molar-refractivity contribution in [2.45, 2.75) is 25.8 Å². The molecule has 3 heterocycles. The van der Waals surface area contributed by atoms with Crippen molar-refractivity contribution >= 4 is 39.0 Å². The van der Waals surface area contributed by atoms with Gasteiger partial charge in [0.2, 0.25) is 5.28 Å². The number of halogens is 1. The van der Waals surface area contributed by atoms with E-state index in [2.05, 4.69) is 27.1 Å². The SMILES string of the molecule is CC(CNc1nc(Cl)nc2sccc12)N1CCCC1. The Morgan fingerprint density at radius 3 is 3.00 bits per heavy atom. The van der Waals surface area contributed by atoms with Crippen LogP contribution in [0.15, 0.2) is 11.4 Å². The van der Waals surface area contributed by atoms with Gasteiger partial charge in [-0.05, 0) is 55.9 Å². The lowest BCUT2D eigenvalue weighted by Gasteiger charge is -2.24. The smallest absolute Gasteiger partial charge is 0.225 e. The average molecular weight is 297 g/mol. The lowest BCUT2D eigenvalue weighted by Crippen LogP contribution is -2.35. The maximum absolute atomic E-state index is 5.96. The third-order valence-corrected chi connectivity index (χ3v) is 4.60. The van der Waals surface area contributed by atoms with Crippen LogP contribution in [0.25, 0.3) is 10.2 Å². The van der Waals surface area contributed by atoms with Crippen LogP contribution in [0.4, 0.5) is 5.82 Å². The molecule has 1 unspecified atom stereocenters. The topological polar surface area (TPSA) is 41.1 Å². The first kappa shape index (κ1) is 13.1. The molecule has 0 spiro atoms. The van der Waals surface area contributed by atoms with Gasteiger partial charge in [-0.25, -0.2) is 9.97 Å². The summed E-state index contributed by atoms with van der Waals surface area (Å²) >= 11 is 7.55. The van der Waals surface area contributed by atoms with Crippen LogP contribution in [-0.2, 0) is 0 Å². The van der Waals surface area contributed by atoms with Crippen LogP contribution in [0.1, 0.15) is 19.8 Å². The molecule has 1 atom stereocenters. The van der Waals surface area contributed by atoms with Crippen molar-refractivity contribution in [3.8, 4) is 0 Å². The zero-order chi connectivity index (χ0) is 13.2.